The summed E-state index contributed by atoms with van der Waals surface area (Å²) < 4.78 is 6.83. The van der Waals surface area contributed by atoms with E-state index in [1.54, 1.807) is 6.07 Å². The van der Waals surface area contributed by atoms with Crippen molar-refractivity contribution in [3.8, 4) is 5.75 Å². The third kappa shape index (κ3) is 3.24. The van der Waals surface area contributed by atoms with Gasteiger partial charge in [-0.3, -0.25) is 5.01 Å². The van der Waals surface area contributed by atoms with E-state index in [0.29, 0.717) is 17.7 Å². The molecule has 0 radical (unpaired) electrons. The zero-order valence-corrected chi connectivity index (χ0v) is 13.2. The van der Waals surface area contributed by atoms with Gasteiger partial charge in [0.1, 0.15) is 5.75 Å². The minimum Gasteiger partial charge on any atom is -0.506 e. The van der Waals surface area contributed by atoms with Crippen LogP contribution in [0.4, 0.5) is 0 Å². The lowest BCUT2D eigenvalue weighted by Crippen LogP contribution is -2.33. The zero-order chi connectivity index (χ0) is 13.1. The molecule has 98 valence electrons. The minimum absolute atomic E-state index is 0.215. The van der Waals surface area contributed by atoms with Crippen molar-refractivity contribution in [3.05, 3.63) is 26.6 Å². The molecule has 0 atom stereocenters. The van der Waals surface area contributed by atoms with Crippen LogP contribution >= 0.6 is 31.9 Å². The van der Waals surface area contributed by atoms with Gasteiger partial charge in [-0.1, -0.05) is 15.9 Å². The number of hydrazone groups is 1. The van der Waals surface area contributed by atoms with Crippen LogP contribution < -0.4 is 0 Å². The van der Waals surface area contributed by atoms with E-state index >= 15 is 0 Å². The predicted molar refractivity (Wildman–Crippen MR) is 78.1 cm³/mol. The molecule has 0 unspecified atom stereocenters. The lowest BCUT2D eigenvalue weighted by Gasteiger charge is -2.24. The Morgan fingerprint density at radius 3 is 2.67 bits per heavy atom. The first-order valence-electron chi connectivity index (χ1n) is 5.64. The highest BCUT2D eigenvalue weighted by atomic mass is 79.9. The Bertz CT molecular complexity index is 471. The van der Waals surface area contributed by atoms with Crippen LogP contribution in [0.5, 0.6) is 5.75 Å². The largest absolute Gasteiger partial charge is 0.506 e. The molecule has 4 nitrogen and oxygen atoms in total. The van der Waals surface area contributed by atoms with Gasteiger partial charge in [0.05, 0.1) is 36.5 Å². The average Bonchev–Trinajstić information content (AvgIpc) is 2.35. The Kier molecular flexibility index (Phi) is 4.64. The summed E-state index contributed by atoms with van der Waals surface area (Å²) in [6.07, 6.45) is 0. The Morgan fingerprint density at radius 1 is 1.33 bits per heavy atom. The van der Waals surface area contributed by atoms with Crippen LogP contribution in [0.1, 0.15) is 12.5 Å². The second-order valence-corrected chi connectivity index (χ2v) is 5.81. The topological polar surface area (TPSA) is 45.1 Å². The van der Waals surface area contributed by atoms with Gasteiger partial charge in [-0.15, -0.1) is 0 Å². The lowest BCUT2D eigenvalue weighted by atomic mass is 10.1. The molecule has 18 heavy (non-hydrogen) atoms. The Balaban J connectivity index is 2.27. The molecule has 1 aliphatic heterocycles. The smallest absolute Gasteiger partial charge is 0.138 e. The summed E-state index contributed by atoms with van der Waals surface area (Å²) in [5.74, 6) is 0.215. The highest BCUT2D eigenvalue weighted by Gasteiger charge is 2.13. The van der Waals surface area contributed by atoms with Crippen molar-refractivity contribution in [2.24, 2.45) is 5.10 Å². The van der Waals surface area contributed by atoms with E-state index in [-0.39, 0.29) is 5.75 Å². The SMILES string of the molecule is CC(=NN1CCOCC1)c1cc(Br)cc(Br)c1O. The van der Waals surface area contributed by atoms with Crippen molar-refractivity contribution >= 4 is 37.6 Å². The van der Waals surface area contributed by atoms with Gasteiger partial charge >= 0.3 is 0 Å². The maximum absolute atomic E-state index is 10.0. The maximum Gasteiger partial charge on any atom is 0.138 e. The van der Waals surface area contributed by atoms with Gasteiger partial charge in [0.25, 0.3) is 0 Å². The summed E-state index contributed by atoms with van der Waals surface area (Å²) in [4.78, 5) is 0. The summed E-state index contributed by atoms with van der Waals surface area (Å²) in [5.41, 5.74) is 1.51. The molecule has 0 saturated carbocycles. The van der Waals surface area contributed by atoms with Gasteiger partial charge < -0.3 is 9.84 Å². The molecule has 0 amide bonds. The molecule has 1 heterocycles. The van der Waals surface area contributed by atoms with Crippen LogP contribution in [0.25, 0.3) is 0 Å². The van der Waals surface area contributed by atoms with Gasteiger partial charge in [0.15, 0.2) is 0 Å². The summed E-state index contributed by atoms with van der Waals surface area (Å²) in [5, 5.41) is 16.5. The number of halogens is 2. The Labute approximate surface area is 123 Å². The molecule has 1 fully saturated rings. The number of phenolic OH excluding ortho intramolecular Hbond substituents is 1. The quantitative estimate of drug-likeness (QED) is 0.806. The Hall–Kier alpha value is -0.590. The van der Waals surface area contributed by atoms with Crippen LogP contribution in [-0.4, -0.2) is 42.1 Å². The van der Waals surface area contributed by atoms with Gasteiger partial charge in [-0.2, -0.15) is 5.10 Å². The molecule has 0 aliphatic carbocycles. The molecule has 0 aromatic heterocycles. The van der Waals surface area contributed by atoms with E-state index in [2.05, 4.69) is 37.0 Å². The number of hydrogen-bond acceptors (Lipinski definition) is 4. The van der Waals surface area contributed by atoms with Crippen LogP contribution in [0, 0.1) is 0 Å². The Morgan fingerprint density at radius 2 is 2.00 bits per heavy atom. The normalized spacial score (nSPS) is 17.1. The average molecular weight is 378 g/mol. The molecule has 0 bridgehead atoms. The number of rotatable bonds is 2. The fourth-order valence-electron chi connectivity index (χ4n) is 1.76. The summed E-state index contributed by atoms with van der Waals surface area (Å²) in [7, 11) is 0. The van der Waals surface area contributed by atoms with E-state index in [0.717, 1.165) is 28.8 Å². The summed E-state index contributed by atoms with van der Waals surface area (Å²) in [6, 6.07) is 3.67. The summed E-state index contributed by atoms with van der Waals surface area (Å²) >= 11 is 6.73. The third-order valence-electron chi connectivity index (χ3n) is 2.70. The number of nitrogens with zero attached hydrogens (tertiary/aromatic N) is 2. The highest BCUT2D eigenvalue weighted by molar-refractivity contribution is 9.11. The van der Waals surface area contributed by atoms with Crippen molar-refractivity contribution in [2.45, 2.75) is 6.92 Å². The maximum atomic E-state index is 10.0. The van der Waals surface area contributed by atoms with Crippen LogP contribution in [-0.2, 0) is 4.74 Å². The number of aromatic hydroxyl groups is 1. The molecule has 1 aliphatic rings. The first-order valence-corrected chi connectivity index (χ1v) is 7.23. The van der Waals surface area contributed by atoms with E-state index < -0.39 is 0 Å². The van der Waals surface area contributed by atoms with Crippen LogP contribution in [0.15, 0.2) is 26.2 Å². The van der Waals surface area contributed by atoms with Crippen LogP contribution in [0.3, 0.4) is 0 Å². The summed E-state index contributed by atoms with van der Waals surface area (Å²) in [6.45, 7) is 4.86. The van der Waals surface area contributed by atoms with Crippen molar-refractivity contribution < 1.29 is 9.84 Å². The fourth-order valence-corrected chi connectivity index (χ4v) is 2.99. The van der Waals surface area contributed by atoms with Crippen molar-refractivity contribution in [3.63, 3.8) is 0 Å². The predicted octanol–water partition coefficient (Wildman–Crippen LogP) is 2.97. The number of phenols is 1. The second-order valence-electron chi connectivity index (χ2n) is 4.04. The number of morpholine rings is 1. The lowest BCUT2D eigenvalue weighted by molar-refractivity contribution is 0.0393. The van der Waals surface area contributed by atoms with Crippen molar-refractivity contribution in [1.29, 1.82) is 0 Å². The second kappa shape index (κ2) is 6.04. The molecular formula is C12H14Br2N2O2. The van der Waals surface area contributed by atoms with Gasteiger partial charge in [0.2, 0.25) is 0 Å². The molecular weight excluding hydrogens is 364 g/mol. The monoisotopic (exact) mass is 376 g/mol. The number of hydrogen-bond donors (Lipinski definition) is 1. The molecule has 1 saturated heterocycles. The molecule has 1 aromatic carbocycles. The first-order chi connectivity index (χ1) is 8.58. The molecule has 2 rings (SSSR count). The van der Waals surface area contributed by atoms with E-state index in [4.69, 9.17) is 4.74 Å². The highest BCUT2D eigenvalue weighted by Crippen LogP contribution is 2.32. The molecule has 6 heteroatoms. The van der Waals surface area contributed by atoms with Gasteiger partial charge in [-0.25, -0.2) is 0 Å². The van der Waals surface area contributed by atoms with Crippen molar-refractivity contribution in [1.82, 2.24) is 5.01 Å². The van der Waals surface area contributed by atoms with Gasteiger partial charge in [-0.05, 0) is 35.0 Å². The number of benzene rings is 1. The molecule has 1 N–H and O–H groups in total. The molecule has 1 aromatic rings. The first kappa shape index (κ1) is 13.8. The van der Waals surface area contributed by atoms with E-state index in [1.807, 2.05) is 18.0 Å². The van der Waals surface area contributed by atoms with Crippen LogP contribution in [0.2, 0.25) is 0 Å². The zero-order valence-electron chi connectivity index (χ0n) is 9.99. The standard InChI is InChI=1S/C12H14Br2N2O2/c1-8(15-16-2-4-18-5-3-16)10-6-9(13)7-11(14)12(10)17/h6-7,17H,2-5H2,1H3. The van der Waals surface area contributed by atoms with E-state index in [9.17, 15) is 5.11 Å². The molecule has 0 spiro atoms. The van der Waals surface area contributed by atoms with Crippen molar-refractivity contribution in [2.75, 3.05) is 26.3 Å². The minimum atomic E-state index is 0.215. The fraction of sp³-hybridized carbons (Fsp3) is 0.417. The van der Waals surface area contributed by atoms with Gasteiger partial charge in [0, 0.05) is 10.0 Å². The van der Waals surface area contributed by atoms with E-state index in [1.165, 1.54) is 0 Å². The number of ether oxygens (including phenoxy) is 1. The third-order valence-corrected chi connectivity index (χ3v) is 3.76.